The van der Waals surface area contributed by atoms with E-state index in [9.17, 15) is 22.8 Å². The number of carboxylic acid groups (broad SMARTS) is 1. The minimum atomic E-state index is -4.95. The van der Waals surface area contributed by atoms with E-state index < -0.39 is 36.4 Å². The summed E-state index contributed by atoms with van der Waals surface area (Å²) in [5, 5.41) is 9.23. The molecule has 0 spiro atoms. The number of alkyl halides is 3. The third kappa shape index (κ3) is 3.39. The number of halogens is 4. The molecule has 1 N–H and O–H groups in total. The molecule has 3 rings (SSSR count). The Hall–Kier alpha value is -2.54. The predicted molar refractivity (Wildman–Crippen MR) is 93.5 cm³/mol. The first-order chi connectivity index (χ1) is 12.7. The van der Waals surface area contributed by atoms with Crippen molar-refractivity contribution >= 4 is 23.5 Å². The topological polar surface area (TPSA) is 57.6 Å². The Balaban J connectivity index is 1.92. The Morgan fingerprint density at radius 2 is 1.74 bits per heavy atom. The number of rotatable bonds is 3. The lowest BCUT2D eigenvalue weighted by atomic mass is 9.86. The van der Waals surface area contributed by atoms with Gasteiger partial charge in [-0.25, -0.2) is 0 Å². The quantitative estimate of drug-likeness (QED) is 0.830. The molecule has 1 saturated heterocycles. The molecular weight excluding hydrogens is 383 g/mol. The van der Waals surface area contributed by atoms with E-state index in [1.165, 1.54) is 12.1 Å². The first kappa shape index (κ1) is 19.2. The SMILES string of the molecule is O=C(c1cc(-c2ccccc2)ccc1Cl)N1CCC(C(=O)O)(C(F)(F)F)C1. The maximum atomic E-state index is 13.3. The molecule has 2 aromatic rings. The molecular formula is C19H15ClF3NO3. The van der Waals surface area contributed by atoms with Crippen LogP contribution in [0, 0.1) is 5.41 Å². The van der Waals surface area contributed by atoms with Crippen LogP contribution >= 0.6 is 11.6 Å². The predicted octanol–water partition coefficient (Wildman–Crippen LogP) is 4.49. The Labute approximate surface area is 158 Å². The average molecular weight is 398 g/mol. The van der Waals surface area contributed by atoms with Crippen LogP contribution in [0.3, 0.4) is 0 Å². The molecule has 0 saturated carbocycles. The normalized spacial score (nSPS) is 19.9. The van der Waals surface area contributed by atoms with Crippen molar-refractivity contribution in [3.8, 4) is 11.1 Å². The number of hydrogen-bond acceptors (Lipinski definition) is 2. The largest absolute Gasteiger partial charge is 0.481 e. The maximum absolute atomic E-state index is 13.3. The number of aliphatic carboxylic acids is 1. The van der Waals surface area contributed by atoms with E-state index in [2.05, 4.69) is 0 Å². The average Bonchev–Trinajstić information content (AvgIpc) is 3.09. The molecule has 0 aliphatic carbocycles. The lowest BCUT2D eigenvalue weighted by molar-refractivity contribution is -0.227. The second-order valence-corrected chi connectivity index (χ2v) is 6.83. The lowest BCUT2D eigenvalue weighted by Crippen LogP contribution is -2.47. The van der Waals surface area contributed by atoms with Crippen LogP contribution in [0.4, 0.5) is 13.2 Å². The molecule has 2 aromatic carbocycles. The fourth-order valence-corrected chi connectivity index (χ4v) is 3.38. The third-order valence-electron chi connectivity index (χ3n) is 4.81. The van der Waals surface area contributed by atoms with E-state index in [0.717, 1.165) is 10.5 Å². The van der Waals surface area contributed by atoms with Gasteiger partial charge in [0.15, 0.2) is 5.41 Å². The van der Waals surface area contributed by atoms with Crippen molar-refractivity contribution in [3.63, 3.8) is 0 Å². The molecule has 8 heteroatoms. The van der Waals surface area contributed by atoms with Crippen LogP contribution in [0.5, 0.6) is 0 Å². The summed E-state index contributed by atoms with van der Waals surface area (Å²) in [6.07, 6.45) is -5.64. The molecule has 1 aliphatic rings. The Morgan fingerprint density at radius 1 is 1.07 bits per heavy atom. The van der Waals surface area contributed by atoms with Crippen molar-refractivity contribution in [3.05, 3.63) is 59.1 Å². The van der Waals surface area contributed by atoms with Crippen LogP contribution in [0.2, 0.25) is 5.02 Å². The number of benzene rings is 2. The number of carboxylic acids is 1. The zero-order valence-corrected chi connectivity index (χ0v) is 14.7. The third-order valence-corrected chi connectivity index (χ3v) is 5.14. The molecule has 1 heterocycles. The van der Waals surface area contributed by atoms with Gasteiger partial charge in [0.2, 0.25) is 0 Å². The van der Waals surface area contributed by atoms with Crippen LogP contribution in [0.1, 0.15) is 16.8 Å². The highest BCUT2D eigenvalue weighted by molar-refractivity contribution is 6.34. The van der Waals surface area contributed by atoms with Crippen molar-refractivity contribution in [2.45, 2.75) is 12.6 Å². The standard InChI is InChI=1S/C19H15ClF3NO3/c20-15-7-6-13(12-4-2-1-3-5-12)10-14(15)16(25)24-9-8-18(11-24,17(26)27)19(21,22)23/h1-7,10H,8-9,11H2,(H,26,27). The summed E-state index contributed by atoms with van der Waals surface area (Å²) < 4.78 is 40.0. The Bertz CT molecular complexity index is 886. The highest BCUT2D eigenvalue weighted by Gasteiger charge is 2.64. The van der Waals surface area contributed by atoms with Gasteiger partial charge in [-0.1, -0.05) is 48.0 Å². The first-order valence-corrected chi connectivity index (χ1v) is 8.48. The van der Waals surface area contributed by atoms with Gasteiger partial charge in [0, 0.05) is 13.1 Å². The van der Waals surface area contributed by atoms with E-state index in [1.54, 1.807) is 6.07 Å². The van der Waals surface area contributed by atoms with Crippen molar-refractivity contribution in [1.82, 2.24) is 4.90 Å². The smallest absolute Gasteiger partial charge is 0.406 e. The summed E-state index contributed by atoms with van der Waals surface area (Å²) in [6, 6.07) is 13.8. The number of carbonyl (C=O) groups excluding carboxylic acids is 1. The highest BCUT2D eigenvalue weighted by Crippen LogP contribution is 2.46. The van der Waals surface area contributed by atoms with E-state index in [1.807, 2.05) is 30.3 Å². The van der Waals surface area contributed by atoms with Gasteiger partial charge >= 0.3 is 12.1 Å². The zero-order valence-electron chi connectivity index (χ0n) is 14.0. The molecule has 27 heavy (non-hydrogen) atoms. The Kier molecular flexibility index (Phi) is 4.90. The fraction of sp³-hybridized carbons (Fsp3) is 0.263. The van der Waals surface area contributed by atoms with Crippen LogP contribution in [-0.2, 0) is 4.79 Å². The summed E-state index contributed by atoms with van der Waals surface area (Å²) in [6.45, 7) is -1.24. The van der Waals surface area contributed by atoms with E-state index in [-0.39, 0.29) is 17.1 Å². The van der Waals surface area contributed by atoms with Crippen molar-refractivity contribution in [2.24, 2.45) is 5.41 Å². The molecule has 142 valence electrons. The second-order valence-electron chi connectivity index (χ2n) is 6.42. The molecule has 0 bridgehead atoms. The van der Waals surface area contributed by atoms with Crippen LogP contribution in [-0.4, -0.2) is 41.1 Å². The number of likely N-dealkylation sites (tertiary alicyclic amines) is 1. The van der Waals surface area contributed by atoms with Gasteiger partial charge in [0.1, 0.15) is 0 Å². The maximum Gasteiger partial charge on any atom is 0.406 e. The summed E-state index contributed by atoms with van der Waals surface area (Å²) in [4.78, 5) is 25.0. The monoisotopic (exact) mass is 397 g/mol. The molecule has 4 nitrogen and oxygen atoms in total. The van der Waals surface area contributed by atoms with Crippen LogP contribution in [0.25, 0.3) is 11.1 Å². The highest BCUT2D eigenvalue weighted by atomic mass is 35.5. The first-order valence-electron chi connectivity index (χ1n) is 8.10. The molecule has 1 atom stereocenters. The fourth-order valence-electron chi connectivity index (χ4n) is 3.18. The van der Waals surface area contributed by atoms with E-state index >= 15 is 0 Å². The van der Waals surface area contributed by atoms with E-state index in [4.69, 9.17) is 16.7 Å². The van der Waals surface area contributed by atoms with Crippen molar-refractivity contribution in [1.29, 1.82) is 0 Å². The summed E-state index contributed by atoms with van der Waals surface area (Å²) in [5.41, 5.74) is -1.41. The summed E-state index contributed by atoms with van der Waals surface area (Å²) in [7, 11) is 0. The van der Waals surface area contributed by atoms with Crippen molar-refractivity contribution in [2.75, 3.05) is 13.1 Å². The van der Waals surface area contributed by atoms with Crippen molar-refractivity contribution < 1.29 is 27.9 Å². The van der Waals surface area contributed by atoms with Gasteiger partial charge in [-0.05, 0) is 29.7 Å². The summed E-state index contributed by atoms with van der Waals surface area (Å²) in [5.74, 6) is -2.69. The lowest BCUT2D eigenvalue weighted by Gasteiger charge is -2.27. The second kappa shape index (κ2) is 6.88. The van der Waals surface area contributed by atoms with Crippen LogP contribution in [0.15, 0.2) is 48.5 Å². The van der Waals surface area contributed by atoms with Gasteiger partial charge < -0.3 is 10.0 Å². The molecule has 1 amide bonds. The molecule has 1 unspecified atom stereocenters. The molecule has 1 aliphatic heterocycles. The van der Waals surface area contributed by atoms with Gasteiger partial charge in [-0.2, -0.15) is 13.2 Å². The van der Waals surface area contributed by atoms with Gasteiger partial charge in [-0.3, -0.25) is 9.59 Å². The van der Waals surface area contributed by atoms with Gasteiger partial charge in [0.25, 0.3) is 5.91 Å². The number of carbonyl (C=O) groups is 2. The molecule has 0 radical (unpaired) electrons. The van der Waals surface area contributed by atoms with Crippen LogP contribution < -0.4 is 0 Å². The van der Waals surface area contributed by atoms with Gasteiger partial charge in [0.05, 0.1) is 10.6 Å². The summed E-state index contributed by atoms with van der Waals surface area (Å²) >= 11 is 6.09. The number of hydrogen-bond donors (Lipinski definition) is 1. The number of amides is 1. The van der Waals surface area contributed by atoms with Gasteiger partial charge in [-0.15, -0.1) is 0 Å². The minimum absolute atomic E-state index is 0.0429. The zero-order chi connectivity index (χ0) is 19.8. The Morgan fingerprint density at radius 3 is 2.30 bits per heavy atom. The molecule has 1 fully saturated rings. The number of nitrogens with zero attached hydrogens (tertiary/aromatic N) is 1. The minimum Gasteiger partial charge on any atom is -0.481 e. The molecule has 0 aromatic heterocycles. The van der Waals surface area contributed by atoms with E-state index in [0.29, 0.717) is 5.56 Å².